The first-order valence-electron chi connectivity index (χ1n) is 5.43. The number of hydrogen-bond donors (Lipinski definition) is 0. The molecule has 0 bridgehead atoms. The van der Waals surface area contributed by atoms with E-state index in [0.717, 1.165) is 0 Å². The van der Waals surface area contributed by atoms with Crippen LogP contribution in [-0.4, -0.2) is 9.97 Å². The van der Waals surface area contributed by atoms with Crippen LogP contribution in [-0.2, 0) is 0 Å². The number of hydrogen-bond acceptors (Lipinski definition) is 3. The minimum atomic E-state index is -0.598. The van der Waals surface area contributed by atoms with E-state index in [2.05, 4.69) is 9.97 Å². The van der Waals surface area contributed by atoms with Gasteiger partial charge in [-0.1, -0.05) is 17.7 Å². The fourth-order valence-electron chi connectivity index (χ4n) is 1.83. The van der Waals surface area contributed by atoms with Gasteiger partial charge in [0.25, 0.3) is 0 Å². The molecule has 96 valence electrons. The summed E-state index contributed by atoms with van der Waals surface area (Å²) < 4.78 is 28.5. The molecule has 0 aliphatic heterocycles. The highest BCUT2D eigenvalue weighted by Gasteiger charge is 2.17. The Bertz CT molecular complexity index is 786. The van der Waals surface area contributed by atoms with Gasteiger partial charge in [-0.3, -0.25) is 0 Å². The van der Waals surface area contributed by atoms with Gasteiger partial charge in [-0.15, -0.1) is 11.3 Å². The standard InChI is InChI=1S/C13H7ClF2N2S/c1-6-2-3-7(15)10(11(6)16)9-4-8-12(19-9)13(14)18-5-17-8/h2-5H,1H3. The highest BCUT2D eigenvalue weighted by Crippen LogP contribution is 2.38. The van der Waals surface area contributed by atoms with E-state index in [1.165, 1.54) is 29.8 Å². The number of halogens is 3. The molecule has 2 aromatic heterocycles. The van der Waals surface area contributed by atoms with Crippen LogP contribution in [0.5, 0.6) is 0 Å². The molecule has 6 heteroatoms. The van der Waals surface area contributed by atoms with Crippen molar-refractivity contribution in [2.75, 3.05) is 0 Å². The molecule has 3 aromatic rings. The zero-order chi connectivity index (χ0) is 13.6. The summed E-state index contributed by atoms with van der Waals surface area (Å²) >= 11 is 7.12. The van der Waals surface area contributed by atoms with Gasteiger partial charge in [-0.2, -0.15) is 0 Å². The summed E-state index contributed by atoms with van der Waals surface area (Å²) in [5, 5.41) is 0.287. The topological polar surface area (TPSA) is 25.8 Å². The predicted octanol–water partition coefficient (Wildman–Crippen LogP) is 4.60. The van der Waals surface area contributed by atoms with Crippen molar-refractivity contribution < 1.29 is 8.78 Å². The van der Waals surface area contributed by atoms with Gasteiger partial charge in [0.05, 0.1) is 15.8 Å². The summed E-state index contributed by atoms with van der Waals surface area (Å²) in [6, 6.07) is 4.29. The average molecular weight is 297 g/mol. The van der Waals surface area contributed by atoms with E-state index in [1.54, 1.807) is 13.0 Å². The van der Waals surface area contributed by atoms with E-state index >= 15 is 0 Å². The van der Waals surface area contributed by atoms with E-state index in [9.17, 15) is 8.78 Å². The Labute approximate surface area is 116 Å². The second-order valence-corrected chi connectivity index (χ2v) is 5.45. The van der Waals surface area contributed by atoms with Gasteiger partial charge in [0, 0.05) is 4.88 Å². The van der Waals surface area contributed by atoms with Crippen LogP contribution in [0.15, 0.2) is 24.5 Å². The van der Waals surface area contributed by atoms with Crippen molar-refractivity contribution in [1.29, 1.82) is 0 Å². The summed E-state index contributed by atoms with van der Waals surface area (Å²) in [6.45, 7) is 1.60. The van der Waals surface area contributed by atoms with Gasteiger partial charge in [0.1, 0.15) is 23.1 Å². The molecule has 19 heavy (non-hydrogen) atoms. The Morgan fingerprint density at radius 2 is 2.00 bits per heavy atom. The third-order valence-electron chi connectivity index (χ3n) is 2.80. The fraction of sp³-hybridized carbons (Fsp3) is 0.0769. The molecule has 0 saturated carbocycles. The van der Waals surface area contributed by atoms with Crippen LogP contribution in [0.1, 0.15) is 5.56 Å². The lowest BCUT2D eigenvalue weighted by atomic mass is 10.1. The maximum absolute atomic E-state index is 14.1. The van der Waals surface area contributed by atoms with Gasteiger partial charge in [-0.05, 0) is 24.6 Å². The molecular formula is C13H7ClF2N2S. The average Bonchev–Trinajstić information content (AvgIpc) is 2.80. The molecule has 3 rings (SSSR count). The maximum atomic E-state index is 14.1. The van der Waals surface area contributed by atoms with Crippen molar-refractivity contribution >= 4 is 33.2 Å². The molecule has 0 aliphatic carbocycles. The molecule has 0 amide bonds. The number of aromatic nitrogens is 2. The molecular weight excluding hydrogens is 290 g/mol. The van der Waals surface area contributed by atoms with Gasteiger partial charge < -0.3 is 0 Å². The quantitative estimate of drug-likeness (QED) is 0.613. The predicted molar refractivity (Wildman–Crippen MR) is 72.5 cm³/mol. The van der Waals surface area contributed by atoms with Crippen molar-refractivity contribution in [3.63, 3.8) is 0 Å². The van der Waals surface area contributed by atoms with Crippen LogP contribution >= 0.6 is 22.9 Å². The SMILES string of the molecule is Cc1ccc(F)c(-c2cc3ncnc(Cl)c3s2)c1F. The lowest BCUT2D eigenvalue weighted by molar-refractivity contribution is 0.584. The van der Waals surface area contributed by atoms with Crippen molar-refractivity contribution in [3.05, 3.63) is 46.9 Å². The monoisotopic (exact) mass is 296 g/mol. The maximum Gasteiger partial charge on any atom is 0.150 e. The second kappa shape index (κ2) is 4.51. The Balaban J connectivity index is 2.31. The van der Waals surface area contributed by atoms with Gasteiger partial charge in [-0.25, -0.2) is 18.7 Å². The molecule has 2 heterocycles. The lowest BCUT2D eigenvalue weighted by Crippen LogP contribution is -1.91. The van der Waals surface area contributed by atoms with Gasteiger partial charge >= 0.3 is 0 Å². The van der Waals surface area contributed by atoms with Crippen LogP contribution < -0.4 is 0 Å². The van der Waals surface area contributed by atoms with Crippen molar-refractivity contribution in [2.24, 2.45) is 0 Å². The van der Waals surface area contributed by atoms with Crippen LogP contribution in [0.4, 0.5) is 8.78 Å². The summed E-state index contributed by atoms with van der Waals surface area (Å²) in [6.07, 6.45) is 1.32. The highest BCUT2D eigenvalue weighted by molar-refractivity contribution is 7.22. The Kier molecular flexibility index (Phi) is 2.95. The molecule has 1 aromatic carbocycles. The number of rotatable bonds is 1. The minimum Gasteiger partial charge on any atom is -0.235 e. The van der Waals surface area contributed by atoms with Crippen molar-refractivity contribution in [3.8, 4) is 10.4 Å². The molecule has 0 unspecified atom stereocenters. The fourth-order valence-corrected chi connectivity index (χ4v) is 3.12. The molecule has 0 saturated heterocycles. The van der Waals surface area contributed by atoms with E-state index in [1.807, 2.05) is 0 Å². The third-order valence-corrected chi connectivity index (χ3v) is 4.35. The Hall–Kier alpha value is -1.59. The molecule has 0 radical (unpaired) electrons. The number of nitrogens with zero attached hydrogens (tertiary/aromatic N) is 2. The number of fused-ring (bicyclic) bond motifs is 1. The number of thiophene rings is 1. The van der Waals surface area contributed by atoms with Crippen LogP contribution in [0.25, 0.3) is 20.7 Å². The van der Waals surface area contributed by atoms with Gasteiger partial charge in [0.15, 0.2) is 0 Å². The summed E-state index contributed by atoms with van der Waals surface area (Å²) in [7, 11) is 0. The van der Waals surface area contributed by atoms with Crippen LogP contribution in [0.3, 0.4) is 0 Å². The zero-order valence-corrected chi connectivity index (χ0v) is 11.3. The molecule has 0 N–H and O–H groups in total. The zero-order valence-electron chi connectivity index (χ0n) is 9.75. The third kappa shape index (κ3) is 1.99. The normalized spacial score (nSPS) is 11.2. The first kappa shape index (κ1) is 12.4. The van der Waals surface area contributed by atoms with E-state index < -0.39 is 11.6 Å². The minimum absolute atomic E-state index is 0.0425. The number of benzene rings is 1. The Morgan fingerprint density at radius 3 is 2.74 bits per heavy atom. The van der Waals surface area contributed by atoms with Crippen LogP contribution in [0, 0.1) is 18.6 Å². The van der Waals surface area contributed by atoms with E-state index in [4.69, 9.17) is 11.6 Å². The highest BCUT2D eigenvalue weighted by atomic mass is 35.5. The van der Waals surface area contributed by atoms with Crippen molar-refractivity contribution in [2.45, 2.75) is 6.92 Å². The van der Waals surface area contributed by atoms with Gasteiger partial charge in [0.2, 0.25) is 0 Å². The second-order valence-electron chi connectivity index (χ2n) is 4.04. The smallest absolute Gasteiger partial charge is 0.150 e. The van der Waals surface area contributed by atoms with Crippen LogP contribution in [0.2, 0.25) is 5.15 Å². The number of aryl methyl sites for hydroxylation is 1. The molecule has 0 aliphatic rings. The lowest BCUT2D eigenvalue weighted by Gasteiger charge is -2.04. The summed E-state index contributed by atoms with van der Waals surface area (Å²) in [5.41, 5.74) is 0.936. The van der Waals surface area contributed by atoms with E-state index in [0.29, 0.717) is 20.7 Å². The molecule has 2 nitrogen and oxygen atoms in total. The van der Waals surface area contributed by atoms with Crippen molar-refractivity contribution in [1.82, 2.24) is 9.97 Å². The molecule has 0 fully saturated rings. The summed E-state index contributed by atoms with van der Waals surface area (Å²) in [4.78, 5) is 8.35. The first-order chi connectivity index (χ1) is 9.08. The summed E-state index contributed by atoms with van der Waals surface area (Å²) in [5.74, 6) is -1.16. The molecule has 0 atom stereocenters. The Morgan fingerprint density at radius 1 is 1.21 bits per heavy atom. The largest absolute Gasteiger partial charge is 0.235 e. The molecule has 0 spiro atoms. The van der Waals surface area contributed by atoms with E-state index in [-0.39, 0.29) is 10.7 Å². The first-order valence-corrected chi connectivity index (χ1v) is 6.62.